The van der Waals surface area contributed by atoms with Gasteiger partial charge in [0, 0.05) is 11.3 Å². The number of hydrogen-bond acceptors (Lipinski definition) is 1. The second-order valence-corrected chi connectivity index (χ2v) is 7.33. The summed E-state index contributed by atoms with van der Waals surface area (Å²) in [7, 11) is 0. The molecular weight excluding hydrogens is 292 g/mol. The minimum Gasteiger partial charge on any atom is -0.385 e. The fourth-order valence-corrected chi connectivity index (χ4v) is 4.87. The number of rotatable bonds is 2. The predicted molar refractivity (Wildman–Crippen MR) is 96.8 cm³/mol. The Morgan fingerprint density at radius 2 is 1.29 bits per heavy atom. The van der Waals surface area contributed by atoms with E-state index in [0.29, 0.717) is 0 Å². The first kappa shape index (κ1) is 14.0. The molecule has 2 aliphatic carbocycles. The Morgan fingerprint density at radius 1 is 0.792 bits per heavy atom. The zero-order chi connectivity index (χ0) is 16.4. The smallest absolute Gasteiger partial charge is 0.0908 e. The highest BCUT2D eigenvalue weighted by Gasteiger charge is 2.66. The van der Waals surface area contributed by atoms with E-state index in [0.717, 1.165) is 12.0 Å². The van der Waals surface area contributed by atoms with Crippen molar-refractivity contribution < 1.29 is 5.11 Å². The van der Waals surface area contributed by atoms with Gasteiger partial charge in [-0.05, 0) is 41.2 Å². The molecule has 1 heteroatoms. The third-order valence-corrected chi connectivity index (χ3v) is 6.10. The molecular formula is C23H20O. The van der Waals surface area contributed by atoms with E-state index in [1.54, 1.807) is 0 Å². The predicted octanol–water partition coefficient (Wildman–Crippen LogP) is 4.88. The van der Waals surface area contributed by atoms with E-state index in [-0.39, 0.29) is 11.3 Å². The van der Waals surface area contributed by atoms with E-state index in [2.05, 4.69) is 48.5 Å². The van der Waals surface area contributed by atoms with Crippen molar-refractivity contribution in [3.63, 3.8) is 0 Å². The van der Waals surface area contributed by atoms with Crippen molar-refractivity contribution in [1.29, 1.82) is 0 Å². The van der Waals surface area contributed by atoms with Crippen LogP contribution in [-0.4, -0.2) is 5.11 Å². The molecule has 0 heterocycles. The molecule has 0 amide bonds. The van der Waals surface area contributed by atoms with Crippen LogP contribution < -0.4 is 0 Å². The number of aliphatic hydroxyl groups is 1. The summed E-state index contributed by atoms with van der Waals surface area (Å²) in [5.74, 6) is 0.206. The van der Waals surface area contributed by atoms with E-state index in [4.69, 9.17) is 0 Å². The summed E-state index contributed by atoms with van der Waals surface area (Å²) in [5, 5.41) is 11.4. The largest absolute Gasteiger partial charge is 0.385 e. The van der Waals surface area contributed by atoms with Crippen LogP contribution in [0.5, 0.6) is 0 Å². The van der Waals surface area contributed by atoms with Gasteiger partial charge in [-0.15, -0.1) is 0 Å². The van der Waals surface area contributed by atoms with Gasteiger partial charge in [0.05, 0.1) is 5.60 Å². The maximum atomic E-state index is 11.4. The lowest BCUT2D eigenvalue weighted by molar-refractivity contribution is 0.0269. The lowest BCUT2D eigenvalue weighted by Crippen LogP contribution is -2.28. The van der Waals surface area contributed by atoms with E-state index in [1.165, 1.54) is 22.3 Å². The van der Waals surface area contributed by atoms with E-state index in [1.807, 2.05) is 37.3 Å². The van der Waals surface area contributed by atoms with Crippen molar-refractivity contribution in [2.24, 2.45) is 5.92 Å². The first-order valence-electron chi connectivity index (χ1n) is 8.63. The van der Waals surface area contributed by atoms with Crippen molar-refractivity contribution in [2.75, 3.05) is 0 Å². The number of benzene rings is 3. The molecule has 24 heavy (non-hydrogen) atoms. The van der Waals surface area contributed by atoms with Crippen LogP contribution in [0.1, 0.15) is 30.0 Å². The monoisotopic (exact) mass is 312 g/mol. The fourth-order valence-electron chi connectivity index (χ4n) is 4.87. The zero-order valence-corrected chi connectivity index (χ0v) is 13.7. The lowest BCUT2D eigenvalue weighted by atomic mass is 9.81. The standard InChI is InChI=1S/C23H20O/c1-22(24,16-9-3-2-4-10-16)21-15-23(21)19-13-7-5-11-17(19)18-12-6-8-14-20(18)23/h2-14,21,24H,15H2,1H3/t21-,22+/m1/s1. The average molecular weight is 312 g/mol. The van der Waals surface area contributed by atoms with Crippen LogP contribution in [0.2, 0.25) is 0 Å². The molecule has 0 saturated heterocycles. The average Bonchev–Trinajstić information content (AvgIpc) is 3.34. The Labute approximate surface area is 142 Å². The highest BCUT2D eigenvalue weighted by atomic mass is 16.3. The molecule has 3 aromatic carbocycles. The first-order valence-corrected chi connectivity index (χ1v) is 8.63. The van der Waals surface area contributed by atoms with Crippen molar-refractivity contribution in [2.45, 2.75) is 24.4 Å². The summed E-state index contributed by atoms with van der Waals surface area (Å²) in [4.78, 5) is 0. The minimum atomic E-state index is -0.828. The van der Waals surface area contributed by atoms with Gasteiger partial charge in [-0.1, -0.05) is 78.9 Å². The Kier molecular flexibility index (Phi) is 2.67. The molecule has 2 atom stereocenters. The van der Waals surface area contributed by atoms with Gasteiger partial charge in [-0.25, -0.2) is 0 Å². The molecule has 0 unspecified atom stereocenters. The zero-order valence-electron chi connectivity index (χ0n) is 13.7. The fraction of sp³-hybridized carbons (Fsp3) is 0.217. The van der Waals surface area contributed by atoms with Crippen molar-refractivity contribution in [3.8, 4) is 11.1 Å². The van der Waals surface area contributed by atoms with Gasteiger partial charge < -0.3 is 5.11 Å². The maximum absolute atomic E-state index is 11.4. The summed E-state index contributed by atoms with van der Waals surface area (Å²) < 4.78 is 0. The highest BCUT2D eigenvalue weighted by Crippen LogP contribution is 2.70. The molecule has 0 aromatic heterocycles. The van der Waals surface area contributed by atoms with Crippen LogP contribution in [0.25, 0.3) is 11.1 Å². The quantitative estimate of drug-likeness (QED) is 0.715. The molecule has 1 N–H and O–H groups in total. The Balaban J connectivity index is 1.68. The van der Waals surface area contributed by atoms with E-state index in [9.17, 15) is 5.11 Å². The van der Waals surface area contributed by atoms with Gasteiger partial charge in [0.2, 0.25) is 0 Å². The third kappa shape index (κ3) is 1.63. The normalized spacial score (nSPS) is 21.8. The second kappa shape index (κ2) is 4.58. The third-order valence-electron chi connectivity index (χ3n) is 6.10. The van der Waals surface area contributed by atoms with Gasteiger partial charge in [-0.3, -0.25) is 0 Å². The van der Waals surface area contributed by atoms with Crippen LogP contribution in [0.3, 0.4) is 0 Å². The van der Waals surface area contributed by atoms with Crippen molar-refractivity contribution >= 4 is 0 Å². The van der Waals surface area contributed by atoms with Gasteiger partial charge in [0.1, 0.15) is 0 Å². The molecule has 5 rings (SSSR count). The first-order chi connectivity index (χ1) is 11.7. The highest BCUT2D eigenvalue weighted by molar-refractivity contribution is 5.83. The minimum absolute atomic E-state index is 0.0352. The van der Waals surface area contributed by atoms with Crippen molar-refractivity contribution in [1.82, 2.24) is 0 Å². The summed E-state index contributed by atoms with van der Waals surface area (Å²) in [5.41, 5.74) is 5.57. The van der Waals surface area contributed by atoms with Gasteiger partial charge >= 0.3 is 0 Å². The molecule has 1 saturated carbocycles. The van der Waals surface area contributed by atoms with Gasteiger partial charge in [-0.2, -0.15) is 0 Å². The molecule has 3 aromatic rings. The molecule has 0 radical (unpaired) electrons. The molecule has 0 aliphatic heterocycles. The summed E-state index contributed by atoms with van der Waals surface area (Å²) in [6.45, 7) is 1.98. The number of fused-ring (bicyclic) bond motifs is 5. The topological polar surface area (TPSA) is 20.2 Å². The van der Waals surface area contributed by atoms with Crippen LogP contribution in [0.4, 0.5) is 0 Å². The molecule has 0 bridgehead atoms. The van der Waals surface area contributed by atoms with E-state index >= 15 is 0 Å². The Hall–Kier alpha value is -2.38. The summed E-state index contributed by atoms with van der Waals surface area (Å²) in [6.07, 6.45) is 1.00. The van der Waals surface area contributed by atoms with Crippen LogP contribution >= 0.6 is 0 Å². The van der Waals surface area contributed by atoms with Crippen LogP contribution in [0.15, 0.2) is 78.9 Å². The lowest BCUT2D eigenvalue weighted by Gasteiger charge is -2.27. The van der Waals surface area contributed by atoms with E-state index < -0.39 is 5.60 Å². The summed E-state index contributed by atoms with van der Waals surface area (Å²) >= 11 is 0. The summed E-state index contributed by atoms with van der Waals surface area (Å²) in [6, 6.07) is 27.5. The molecule has 1 nitrogen and oxygen atoms in total. The van der Waals surface area contributed by atoms with Crippen LogP contribution in [0, 0.1) is 5.92 Å². The van der Waals surface area contributed by atoms with Gasteiger partial charge in [0.25, 0.3) is 0 Å². The second-order valence-electron chi connectivity index (χ2n) is 7.33. The van der Waals surface area contributed by atoms with Crippen molar-refractivity contribution in [3.05, 3.63) is 95.6 Å². The SMILES string of the molecule is C[C@](O)(c1ccccc1)[C@H]1CC12c1ccccc1-c1ccccc12. The molecule has 118 valence electrons. The molecule has 1 fully saturated rings. The van der Waals surface area contributed by atoms with Gasteiger partial charge in [0.15, 0.2) is 0 Å². The molecule has 2 aliphatic rings. The molecule has 1 spiro atoms. The Morgan fingerprint density at radius 3 is 1.88 bits per heavy atom. The Bertz CT molecular complexity index is 878. The van der Waals surface area contributed by atoms with Crippen LogP contribution in [-0.2, 0) is 11.0 Å². The number of hydrogen-bond donors (Lipinski definition) is 1. The maximum Gasteiger partial charge on any atom is 0.0908 e.